The number of rotatable bonds is 3. The molecule has 1 N–H and O–H groups in total. The minimum absolute atomic E-state index is 0.0939. The molecule has 4 aromatic rings. The van der Waals surface area contributed by atoms with E-state index in [1.165, 1.54) is 11.3 Å². The minimum Gasteiger partial charge on any atom is -0.390 e. The molecule has 4 rings (SSSR count). The Bertz CT molecular complexity index is 913. The van der Waals surface area contributed by atoms with Crippen molar-refractivity contribution in [3.63, 3.8) is 0 Å². The molecule has 0 aliphatic rings. The van der Waals surface area contributed by atoms with E-state index in [4.69, 9.17) is 0 Å². The van der Waals surface area contributed by atoms with Crippen LogP contribution in [0.2, 0.25) is 0 Å². The van der Waals surface area contributed by atoms with E-state index in [1.54, 1.807) is 4.52 Å². The Kier molecular flexibility index (Phi) is 3.21. The second-order valence-corrected chi connectivity index (χ2v) is 5.85. The molecule has 0 amide bonds. The molecule has 0 spiro atoms. The molecule has 0 saturated carbocycles. The minimum atomic E-state index is -0.0939. The zero-order valence-electron chi connectivity index (χ0n) is 11.7. The van der Waals surface area contributed by atoms with Gasteiger partial charge in [0.05, 0.1) is 18.0 Å². The molecule has 0 unspecified atom stereocenters. The van der Waals surface area contributed by atoms with Gasteiger partial charge in [0.15, 0.2) is 0 Å². The van der Waals surface area contributed by atoms with Gasteiger partial charge in [0.25, 0.3) is 0 Å². The largest absolute Gasteiger partial charge is 0.390 e. The zero-order chi connectivity index (χ0) is 14.9. The number of benzene rings is 2. The van der Waals surface area contributed by atoms with Gasteiger partial charge >= 0.3 is 0 Å². The smallest absolute Gasteiger partial charge is 0.213 e. The van der Waals surface area contributed by atoms with Crippen molar-refractivity contribution in [2.75, 3.05) is 0 Å². The Balaban J connectivity index is 1.88. The van der Waals surface area contributed by atoms with Crippen molar-refractivity contribution in [2.24, 2.45) is 0 Å². The third-order valence-electron chi connectivity index (χ3n) is 3.51. The number of hydrogen-bond acceptors (Lipinski definition) is 4. The monoisotopic (exact) mass is 307 g/mol. The first-order valence-corrected chi connectivity index (χ1v) is 7.78. The molecular formula is C17H13N3OS. The van der Waals surface area contributed by atoms with Gasteiger partial charge in [-0.15, -0.1) is 0 Å². The SMILES string of the molecule is OCc1c(-c2ccccc2)nc2sc(-c3ccccc3)nn12. The first-order chi connectivity index (χ1) is 10.9. The maximum Gasteiger partial charge on any atom is 0.213 e. The molecule has 0 fully saturated rings. The Labute approximate surface area is 131 Å². The van der Waals surface area contributed by atoms with Gasteiger partial charge in [0, 0.05) is 11.1 Å². The summed E-state index contributed by atoms with van der Waals surface area (Å²) in [6.07, 6.45) is 0. The van der Waals surface area contributed by atoms with Gasteiger partial charge in [0.2, 0.25) is 4.96 Å². The molecule has 4 nitrogen and oxygen atoms in total. The molecule has 0 radical (unpaired) electrons. The van der Waals surface area contributed by atoms with E-state index in [-0.39, 0.29) is 6.61 Å². The second-order valence-electron chi connectivity index (χ2n) is 4.90. The average Bonchev–Trinajstić information content (AvgIpc) is 3.14. The summed E-state index contributed by atoms with van der Waals surface area (Å²) >= 11 is 1.53. The van der Waals surface area contributed by atoms with Crippen LogP contribution in [-0.4, -0.2) is 19.7 Å². The number of aliphatic hydroxyl groups excluding tert-OH is 1. The van der Waals surface area contributed by atoms with Crippen molar-refractivity contribution in [1.82, 2.24) is 14.6 Å². The second kappa shape index (κ2) is 5.36. The van der Waals surface area contributed by atoms with Crippen LogP contribution in [0.15, 0.2) is 60.7 Å². The van der Waals surface area contributed by atoms with Crippen LogP contribution in [0.3, 0.4) is 0 Å². The molecule has 2 aromatic heterocycles. The molecule has 0 saturated heterocycles. The fourth-order valence-electron chi connectivity index (χ4n) is 2.46. The van der Waals surface area contributed by atoms with E-state index < -0.39 is 0 Å². The zero-order valence-corrected chi connectivity index (χ0v) is 12.5. The molecule has 108 valence electrons. The lowest BCUT2D eigenvalue weighted by Crippen LogP contribution is -1.95. The van der Waals surface area contributed by atoms with Crippen molar-refractivity contribution < 1.29 is 5.11 Å². The summed E-state index contributed by atoms with van der Waals surface area (Å²) in [6, 6.07) is 19.9. The van der Waals surface area contributed by atoms with E-state index in [1.807, 2.05) is 60.7 Å². The molecule has 2 aromatic carbocycles. The van der Waals surface area contributed by atoms with Crippen LogP contribution in [0.1, 0.15) is 5.69 Å². The number of aromatic nitrogens is 3. The average molecular weight is 307 g/mol. The van der Waals surface area contributed by atoms with Crippen LogP contribution >= 0.6 is 11.3 Å². The van der Waals surface area contributed by atoms with Gasteiger partial charge in [-0.25, -0.2) is 9.50 Å². The predicted molar refractivity (Wildman–Crippen MR) is 87.7 cm³/mol. The van der Waals surface area contributed by atoms with Gasteiger partial charge < -0.3 is 5.11 Å². The first kappa shape index (κ1) is 13.2. The van der Waals surface area contributed by atoms with Crippen LogP contribution in [0.5, 0.6) is 0 Å². The van der Waals surface area contributed by atoms with Crippen molar-refractivity contribution in [1.29, 1.82) is 0 Å². The highest BCUT2D eigenvalue weighted by Crippen LogP contribution is 2.30. The molecule has 5 heteroatoms. The van der Waals surface area contributed by atoms with E-state index in [2.05, 4.69) is 10.1 Å². The van der Waals surface area contributed by atoms with Crippen LogP contribution in [-0.2, 0) is 6.61 Å². The number of hydrogen-bond donors (Lipinski definition) is 1. The van der Waals surface area contributed by atoms with Crippen LogP contribution in [0.25, 0.3) is 26.8 Å². The highest BCUT2D eigenvalue weighted by molar-refractivity contribution is 7.19. The summed E-state index contributed by atoms with van der Waals surface area (Å²) in [5.74, 6) is 0. The first-order valence-electron chi connectivity index (χ1n) is 6.97. The summed E-state index contributed by atoms with van der Waals surface area (Å²) in [5.41, 5.74) is 3.56. The molecule has 0 aliphatic carbocycles. The van der Waals surface area contributed by atoms with Gasteiger partial charge in [-0.1, -0.05) is 72.0 Å². The lowest BCUT2D eigenvalue weighted by Gasteiger charge is -2.00. The fraction of sp³-hybridized carbons (Fsp3) is 0.0588. The van der Waals surface area contributed by atoms with Gasteiger partial charge in [-0.3, -0.25) is 0 Å². The fourth-order valence-corrected chi connectivity index (χ4v) is 3.38. The van der Waals surface area contributed by atoms with Gasteiger partial charge in [-0.05, 0) is 0 Å². The highest BCUT2D eigenvalue weighted by Gasteiger charge is 2.17. The number of fused-ring (bicyclic) bond motifs is 1. The van der Waals surface area contributed by atoms with Gasteiger partial charge in [0.1, 0.15) is 5.01 Å². The maximum absolute atomic E-state index is 9.75. The van der Waals surface area contributed by atoms with E-state index in [9.17, 15) is 5.11 Å². The predicted octanol–water partition coefficient (Wildman–Crippen LogP) is 3.62. The summed E-state index contributed by atoms with van der Waals surface area (Å²) in [6.45, 7) is -0.0939. The summed E-state index contributed by atoms with van der Waals surface area (Å²) in [5, 5.41) is 15.3. The maximum atomic E-state index is 9.75. The normalized spacial score (nSPS) is 11.1. The number of nitrogens with zero attached hydrogens (tertiary/aromatic N) is 3. The Morgan fingerprint density at radius 3 is 2.18 bits per heavy atom. The van der Waals surface area contributed by atoms with E-state index in [0.717, 1.165) is 32.5 Å². The topological polar surface area (TPSA) is 50.4 Å². The highest BCUT2D eigenvalue weighted by atomic mass is 32.1. The molecule has 0 bridgehead atoms. The molecule has 0 atom stereocenters. The number of aliphatic hydroxyl groups is 1. The van der Waals surface area contributed by atoms with Gasteiger partial charge in [-0.2, -0.15) is 5.10 Å². The van der Waals surface area contributed by atoms with E-state index in [0.29, 0.717) is 0 Å². The molecule has 2 heterocycles. The van der Waals surface area contributed by atoms with Crippen molar-refractivity contribution >= 4 is 16.3 Å². The van der Waals surface area contributed by atoms with E-state index >= 15 is 0 Å². The Morgan fingerprint density at radius 1 is 0.909 bits per heavy atom. The molecule has 0 aliphatic heterocycles. The summed E-state index contributed by atoms with van der Waals surface area (Å²) in [4.78, 5) is 5.45. The molecule has 22 heavy (non-hydrogen) atoms. The number of imidazole rings is 1. The molecular weight excluding hydrogens is 294 g/mol. The lowest BCUT2D eigenvalue weighted by molar-refractivity contribution is 0.275. The standard InChI is InChI=1S/C17H13N3OS/c21-11-14-15(12-7-3-1-4-8-12)18-17-20(14)19-16(22-17)13-9-5-2-6-10-13/h1-10,21H,11H2. The Morgan fingerprint density at radius 2 is 1.55 bits per heavy atom. The van der Waals surface area contributed by atoms with Crippen molar-refractivity contribution in [2.45, 2.75) is 6.61 Å². The van der Waals surface area contributed by atoms with Crippen LogP contribution in [0.4, 0.5) is 0 Å². The van der Waals surface area contributed by atoms with Crippen LogP contribution in [0, 0.1) is 0 Å². The quantitative estimate of drug-likeness (QED) is 0.629. The third kappa shape index (κ3) is 2.11. The summed E-state index contributed by atoms with van der Waals surface area (Å²) in [7, 11) is 0. The lowest BCUT2D eigenvalue weighted by atomic mass is 10.1. The van der Waals surface area contributed by atoms with Crippen LogP contribution < -0.4 is 0 Å². The Hall–Kier alpha value is -2.50. The summed E-state index contributed by atoms with van der Waals surface area (Å²) < 4.78 is 1.75. The van der Waals surface area contributed by atoms with Crippen molar-refractivity contribution in [3.05, 3.63) is 66.4 Å². The third-order valence-corrected chi connectivity index (χ3v) is 4.47. The van der Waals surface area contributed by atoms with Crippen molar-refractivity contribution in [3.8, 4) is 21.8 Å².